The van der Waals surface area contributed by atoms with Crippen molar-refractivity contribution in [1.29, 1.82) is 0 Å². The third-order valence-corrected chi connectivity index (χ3v) is 3.35. The Labute approximate surface area is 77.2 Å². The summed E-state index contributed by atoms with van der Waals surface area (Å²) in [4.78, 5) is 11.3. The molecule has 0 saturated carbocycles. The number of hydrogen-bond acceptors (Lipinski definition) is 4. The lowest BCUT2D eigenvalue weighted by Gasteiger charge is -2.28. The van der Waals surface area contributed by atoms with Crippen molar-refractivity contribution in [2.75, 3.05) is 25.7 Å². The lowest BCUT2D eigenvalue weighted by atomic mass is 9.99. The van der Waals surface area contributed by atoms with E-state index in [1.165, 1.54) is 7.11 Å². The number of thioether (sulfide) groups is 1. The van der Waals surface area contributed by atoms with Crippen LogP contribution in [0.1, 0.15) is 6.42 Å². The predicted octanol–water partition coefficient (Wildman–Crippen LogP) is 0.500. The summed E-state index contributed by atoms with van der Waals surface area (Å²) in [7, 11) is 3.35. The molecular formula is C8H15NO2S. The summed E-state index contributed by atoms with van der Waals surface area (Å²) in [5.41, 5.74) is 0. The maximum atomic E-state index is 11.3. The molecule has 0 amide bonds. The molecular weight excluding hydrogens is 174 g/mol. The molecule has 1 aliphatic rings. The van der Waals surface area contributed by atoms with Crippen LogP contribution < -0.4 is 5.32 Å². The van der Waals surface area contributed by atoms with E-state index in [9.17, 15) is 4.79 Å². The van der Waals surface area contributed by atoms with Crippen LogP contribution >= 0.6 is 11.8 Å². The summed E-state index contributed by atoms with van der Waals surface area (Å²) in [6, 6.07) is 0.304. The van der Waals surface area contributed by atoms with Gasteiger partial charge < -0.3 is 10.1 Å². The number of methoxy groups -OCH3 is 1. The van der Waals surface area contributed by atoms with E-state index in [0.717, 1.165) is 17.9 Å². The van der Waals surface area contributed by atoms with Gasteiger partial charge in [-0.1, -0.05) is 0 Å². The highest BCUT2D eigenvalue weighted by molar-refractivity contribution is 7.99. The average Bonchev–Trinajstić information content (AvgIpc) is 2.16. The van der Waals surface area contributed by atoms with Crippen molar-refractivity contribution < 1.29 is 9.53 Å². The summed E-state index contributed by atoms with van der Waals surface area (Å²) in [6.07, 6.45) is 1.06. The van der Waals surface area contributed by atoms with Gasteiger partial charge in [0, 0.05) is 11.8 Å². The summed E-state index contributed by atoms with van der Waals surface area (Å²) in [5, 5.41) is 3.16. The molecule has 1 aliphatic heterocycles. The van der Waals surface area contributed by atoms with E-state index in [-0.39, 0.29) is 11.9 Å². The molecule has 0 aromatic heterocycles. The van der Waals surface area contributed by atoms with Crippen molar-refractivity contribution in [3.8, 4) is 0 Å². The van der Waals surface area contributed by atoms with Crippen LogP contribution in [0.15, 0.2) is 0 Å². The fourth-order valence-corrected chi connectivity index (χ4v) is 2.68. The molecule has 2 unspecified atom stereocenters. The Kier molecular flexibility index (Phi) is 3.88. The number of carbonyl (C=O) groups excluding carboxylic acids is 1. The standard InChI is InChI=1S/C8H15NO2S/c1-9-7-3-4-12-5-6(7)8(10)11-2/h6-7,9H,3-5H2,1-2H3. The first-order valence-corrected chi connectivity index (χ1v) is 5.28. The second-order valence-corrected chi connectivity index (χ2v) is 4.04. The molecule has 12 heavy (non-hydrogen) atoms. The third-order valence-electron chi connectivity index (χ3n) is 2.23. The molecule has 1 saturated heterocycles. The van der Waals surface area contributed by atoms with E-state index in [2.05, 4.69) is 5.32 Å². The molecule has 0 aliphatic carbocycles. The maximum Gasteiger partial charge on any atom is 0.311 e. The van der Waals surface area contributed by atoms with Gasteiger partial charge in [0.2, 0.25) is 0 Å². The highest BCUT2D eigenvalue weighted by atomic mass is 32.2. The SMILES string of the molecule is CNC1CCSCC1C(=O)OC. The molecule has 1 N–H and O–H groups in total. The fraction of sp³-hybridized carbons (Fsp3) is 0.875. The van der Waals surface area contributed by atoms with E-state index in [1.54, 1.807) is 0 Å². The second-order valence-electron chi connectivity index (χ2n) is 2.89. The average molecular weight is 189 g/mol. The van der Waals surface area contributed by atoms with Gasteiger partial charge in [0.25, 0.3) is 0 Å². The van der Waals surface area contributed by atoms with Crippen LogP contribution in [0.4, 0.5) is 0 Å². The Morgan fingerprint density at radius 3 is 3.00 bits per heavy atom. The maximum absolute atomic E-state index is 11.3. The van der Waals surface area contributed by atoms with E-state index < -0.39 is 0 Å². The number of nitrogens with one attached hydrogen (secondary N) is 1. The molecule has 1 rings (SSSR count). The fourth-order valence-electron chi connectivity index (χ4n) is 1.47. The zero-order chi connectivity index (χ0) is 8.97. The van der Waals surface area contributed by atoms with E-state index in [1.807, 2.05) is 18.8 Å². The highest BCUT2D eigenvalue weighted by Crippen LogP contribution is 2.23. The van der Waals surface area contributed by atoms with Crippen molar-refractivity contribution in [2.45, 2.75) is 12.5 Å². The number of rotatable bonds is 2. The molecule has 0 radical (unpaired) electrons. The third kappa shape index (κ3) is 2.14. The molecule has 1 heterocycles. The van der Waals surface area contributed by atoms with Crippen LogP contribution in [0.2, 0.25) is 0 Å². The van der Waals surface area contributed by atoms with Gasteiger partial charge in [-0.2, -0.15) is 11.8 Å². The van der Waals surface area contributed by atoms with Crippen molar-refractivity contribution in [3.63, 3.8) is 0 Å². The van der Waals surface area contributed by atoms with E-state index in [0.29, 0.717) is 6.04 Å². The minimum atomic E-state index is -0.0819. The lowest BCUT2D eigenvalue weighted by Crippen LogP contribution is -2.42. The number of hydrogen-bond donors (Lipinski definition) is 1. The first-order chi connectivity index (χ1) is 5.79. The van der Waals surface area contributed by atoms with E-state index >= 15 is 0 Å². The summed E-state index contributed by atoms with van der Waals surface area (Å²) in [6.45, 7) is 0. The summed E-state index contributed by atoms with van der Waals surface area (Å²) < 4.78 is 4.73. The topological polar surface area (TPSA) is 38.3 Å². The van der Waals surface area contributed by atoms with Gasteiger partial charge in [-0.15, -0.1) is 0 Å². The molecule has 0 bridgehead atoms. The second kappa shape index (κ2) is 4.72. The summed E-state index contributed by atoms with van der Waals surface area (Å²) >= 11 is 1.82. The van der Waals surface area contributed by atoms with Gasteiger partial charge in [0.1, 0.15) is 0 Å². The van der Waals surface area contributed by atoms with E-state index in [4.69, 9.17) is 4.74 Å². The van der Waals surface area contributed by atoms with Crippen LogP contribution in [0.3, 0.4) is 0 Å². The molecule has 0 aromatic carbocycles. The van der Waals surface area contributed by atoms with Crippen molar-refractivity contribution in [1.82, 2.24) is 5.32 Å². The number of ether oxygens (including phenoxy) is 1. The van der Waals surface area contributed by atoms with Crippen molar-refractivity contribution in [2.24, 2.45) is 5.92 Å². The van der Waals surface area contributed by atoms with Gasteiger partial charge in [-0.25, -0.2) is 0 Å². The molecule has 2 atom stereocenters. The molecule has 3 nitrogen and oxygen atoms in total. The monoisotopic (exact) mass is 189 g/mol. The normalized spacial score (nSPS) is 29.8. The predicted molar refractivity (Wildman–Crippen MR) is 50.3 cm³/mol. The van der Waals surface area contributed by atoms with Crippen LogP contribution in [0.5, 0.6) is 0 Å². The Bertz CT molecular complexity index is 163. The van der Waals surface area contributed by atoms with Crippen LogP contribution in [0.25, 0.3) is 0 Å². The van der Waals surface area contributed by atoms with Gasteiger partial charge in [-0.05, 0) is 19.2 Å². The first kappa shape index (κ1) is 9.86. The zero-order valence-corrected chi connectivity index (χ0v) is 8.32. The Balaban J connectivity index is 2.52. The molecule has 1 fully saturated rings. The Morgan fingerprint density at radius 1 is 1.67 bits per heavy atom. The highest BCUT2D eigenvalue weighted by Gasteiger charge is 2.30. The largest absolute Gasteiger partial charge is 0.469 e. The number of carbonyl (C=O) groups is 1. The molecule has 4 heteroatoms. The summed E-state index contributed by atoms with van der Waals surface area (Å²) in [5.74, 6) is 1.98. The molecule has 0 spiro atoms. The Hall–Kier alpha value is -0.220. The van der Waals surface area contributed by atoms with Crippen LogP contribution in [0, 0.1) is 5.92 Å². The molecule has 0 aromatic rings. The van der Waals surface area contributed by atoms with Gasteiger partial charge >= 0.3 is 5.97 Å². The number of esters is 1. The smallest absolute Gasteiger partial charge is 0.311 e. The van der Waals surface area contributed by atoms with Crippen LogP contribution in [-0.2, 0) is 9.53 Å². The van der Waals surface area contributed by atoms with Crippen LogP contribution in [-0.4, -0.2) is 37.7 Å². The molecule has 70 valence electrons. The Morgan fingerprint density at radius 2 is 2.42 bits per heavy atom. The van der Waals surface area contributed by atoms with Crippen molar-refractivity contribution in [3.05, 3.63) is 0 Å². The lowest BCUT2D eigenvalue weighted by molar-refractivity contribution is -0.145. The quantitative estimate of drug-likeness (QED) is 0.642. The zero-order valence-electron chi connectivity index (χ0n) is 7.50. The van der Waals surface area contributed by atoms with Gasteiger partial charge in [-0.3, -0.25) is 4.79 Å². The van der Waals surface area contributed by atoms with Gasteiger partial charge in [0.15, 0.2) is 0 Å². The minimum absolute atomic E-state index is 0.0405. The van der Waals surface area contributed by atoms with Gasteiger partial charge in [0.05, 0.1) is 13.0 Å². The van der Waals surface area contributed by atoms with Crippen molar-refractivity contribution >= 4 is 17.7 Å². The minimum Gasteiger partial charge on any atom is -0.469 e. The first-order valence-electron chi connectivity index (χ1n) is 4.12.